The van der Waals surface area contributed by atoms with Crippen molar-refractivity contribution in [3.8, 4) is 0 Å². The highest BCUT2D eigenvalue weighted by molar-refractivity contribution is 8.13. The average Bonchev–Trinajstić information content (AvgIpc) is 2.59. The van der Waals surface area contributed by atoms with Crippen molar-refractivity contribution in [3.05, 3.63) is 30.4 Å². The zero-order valence-corrected chi connectivity index (χ0v) is 9.20. The minimum atomic E-state index is 0.150. The molecular formula is C10H11N3OS. The van der Waals surface area contributed by atoms with E-state index < -0.39 is 0 Å². The third-order valence-electron chi connectivity index (χ3n) is 1.95. The first-order chi connectivity index (χ1) is 7.25. The Morgan fingerprint density at radius 3 is 3.20 bits per heavy atom. The number of imidazole rings is 1. The number of rotatable bonds is 3. The van der Waals surface area contributed by atoms with Crippen LogP contribution in [-0.4, -0.2) is 25.2 Å². The summed E-state index contributed by atoms with van der Waals surface area (Å²) in [5.74, 6) is 1.49. The zero-order chi connectivity index (χ0) is 10.7. The van der Waals surface area contributed by atoms with Gasteiger partial charge in [0.15, 0.2) is 5.12 Å². The predicted octanol–water partition coefficient (Wildman–Crippen LogP) is 1.55. The molecule has 2 aromatic heterocycles. The Labute approximate surface area is 91.7 Å². The topological polar surface area (TPSA) is 47.3 Å². The Balaban J connectivity index is 2.05. The largest absolute Gasteiger partial charge is 0.291 e. The van der Waals surface area contributed by atoms with E-state index in [1.807, 2.05) is 22.9 Å². The number of carbonyl (C=O) groups excluding carboxylic acids is 1. The minimum Gasteiger partial charge on any atom is -0.291 e. The molecule has 2 aromatic rings. The highest BCUT2D eigenvalue weighted by Crippen LogP contribution is 2.07. The molecule has 0 aliphatic rings. The molecule has 78 valence electrons. The summed E-state index contributed by atoms with van der Waals surface area (Å²) < 4.78 is 1.88. The molecule has 0 bridgehead atoms. The van der Waals surface area contributed by atoms with E-state index in [0.717, 1.165) is 17.9 Å². The Morgan fingerprint density at radius 2 is 2.47 bits per heavy atom. The highest BCUT2D eigenvalue weighted by atomic mass is 32.2. The highest BCUT2D eigenvalue weighted by Gasteiger charge is 2.02. The lowest BCUT2D eigenvalue weighted by atomic mass is 10.4. The van der Waals surface area contributed by atoms with E-state index in [1.165, 1.54) is 11.8 Å². The van der Waals surface area contributed by atoms with E-state index in [4.69, 9.17) is 0 Å². The van der Waals surface area contributed by atoms with Crippen LogP contribution in [0.5, 0.6) is 0 Å². The van der Waals surface area contributed by atoms with Crippen LogP contribution in [0.15, 0.2) is 24.7 Å². The predicted molar refractivity (Wildman–Crippen MR) is 59.8 cm³/mol. The third kappa shape index (κ3) is 2.56. The number of carbonyl (C=O) groups is 1. The van der Waals surface area contributed by atoms with Gasteiger partial charge < -0.3 is 0 Å². The van der Waals surface area contributed by atoms with Crippen LogP contribution in [0.25, 0.3) is 5.78 Å². The van der Waals surface area contributed by atoms with Crippen molar-refractivity contribution in [1.29, 1.82) is 0 Å². The second kappa shape index (κ2) is 4.44. The van der Waals surface area contributed by atoms with Crippen LogP contribution in [-0.2, 0) is 11.2 Å². The molecule has 5 heteroatoms. The van der Waals surface area contributed by atoms with Crippen molar-refractivity contribution in [3.63, 3.8) is 0 Å². The second-order valence-electron chi connectivity index (χ2n) is 3.15. The molecule has 0 N–H and O–H groups in total. The van der Waals surface area contributed by atoms with Crippen molar-refractivity contribution >= 4 is 22.7 Å². The average molecular weight is 221 g/mol. The maximum Gasteiger partial charge on any atom is 0.233 e. The van der Waals surface area contributed by atoms with Crippen LogP contribution < -0.4 is 0 Å². The van der Waals surface area contributed by atoms with Gasteiger partial charge in [-0.05, 0) is 6.07 Å². The Hall–Kier alpha value is -1.36. The maximum atomic E-state index is 10.7. The smallest absolute Gasteiger partial charge is 0.233 e. The van der Waals surface area contributed by atoms with Gasteiger partial charge in [-0.25, -0.2) is 9.97 Å². The lowest BCUT2D eigenvalue weighted by Gasteiger charge is -1.92. The van der Waals surface area contributed by atoms with E-state index in [0.29, 0.717) is 5.78 Å². The Bertz CT molecular complexity index is 447. The summed E-state index contributed by atoms with van der Waals surface area (Å²) in [6.45, 7) is 1.58. The van der Waals surface area contributed by atoms with E-state index in [-0.39, 0.29) is 5.12 Å². The summed E-state index contributed by atoms with van der Waals surface area (Å²) in [4.78, 5) is 19.2. The number of aryl methyl sites for hydroxylation is 1. The first-order valence-electron chi connectivity index (χ1n) is 4.67. The quantitative estimate of drug-likeness (QED) is 0.789. The van der Waals surface area contributed by atoms with Crippen LogP contribution in [0, 0.1) is 0 Å². The Morgan fingerprint density at radius 1 is 1.60 bits per heavy atom. The van der Waals surface area contributed by atoms with Gasteiger partial charge in [0.1, 0.15) is 0 Å². The summed E-state index contributed by atoms with van der Waals surface area (Å²) in [5, 5.41) is 0.150. The van der Waals surface area contributed by atoms with E-state index >= 15 is 0 Å². The number of nitrogens with zero attached hydrogens (tertiary/aromatic N) is 3. The lowest BCUT2D eigenvalue weighted by molar-refractivity contribution is -0.109. The summed E-state index contributed by atoms with van der Waals surface area (Å²) in [7, 11) is 0. The molecule has 15 heavy (non-hydrogen) atoms. The van der Waals surface area contributed by atoms with Crippen LogP contribution >= 0.6 is 11.8 Å². The number of fused-ring (bicyclic) bond motifs is 1. The lowest BCUT2D eigenvalue weighted by Crippen LogP contribution is -1.91. The molecule has 2 heterocycles. The SMILES string of the molecule is CC(=O)SCCc1cn2cccnc2n1. The molecule has 0 aliphatic heterocycles. The molecule has 0 atom stereocenters. The molecule has 0 saturated heterocycles. The van der Waals surface area contributed by atoms with Crippen LogP contribution in [0.1, 0.15) is 12.6 Å². The molecular weight excluding hydrogens is 210 g/mol. The monoisotopic (exact) mass is 221 g/mol. The molecule has 0 radical (unpaired) electrons. The zero-order valence-electron chi connectivity index (χ0n) is 8.38. The summed E-state index contributed by atoms with van der Waals surface area (Å²) in [5.41, 5.74) is 0.974. The van der Waals surface area contributed by atoms with Crippen LogP contribution in [0.2, 0.25) is 0 Å². The summed E-state index contributed by atoms with van der Waals surface area (Å²) >= 11 is 1.33. The van der Waals surface area contributed by atoms with Gasteiger partial charge in [0, 0.05) is 37.7 Å². The summed E-state index contributed by atoms with van der Waals surface area (Å²) in [6, 6.07) is 1.86. The van der Waals surface area contributed by atoms with Gasteiger partial charge >= 0.3 is 0 Å². The number of hydrogen-bond donors (Lipinski definition) is 0. The van der Waals surface area contributed by atoms with Crippen LogP contribution in [0.3, 0.4) is 0 Å². The standard InChI is InChI=1S/C10H11N3OS/c1-8(14)15-6-3-9-7-13-5-2-4-11-10(13)12-9/h2,4-5,7H,3,6H2,1H3. The van der Waals surface area contributed by atoms with Gasteiger partial charge in [-0.2, -0.15) is 0 Å². The third-order valence-corrected chi connectivity index (χ3v) is 2.76. The number of hydrogen-bond acceptors (Lipinski definition) is 4. The molecule has 0 fully saturated rings. The van der Waals surface area contributed by atoms with Crippen molar-refractivity contribution < 1.29 is 4.79 Å². The first-order valence-corrected chi connectivity index (χ1v) is 5.66. The molecule has 0 aliphatic carbocycles. The Kier molecular flexibility index (Phi) is 3.01. The van der Waals surface area contributed by atoms with Gasteiger partial charge in [-0.1, -0.05) is 11.8 Å². The van der Waals surface area contributed by atoms with Gasteiger partial charge in [0.2, 0.25) is 5.78 Å². The molecule has 0 amide bonds. The number of thioether (sulfide) groups is 1. The van der Waals surface area contributed by atoms with Gasteiger partial charge in [-0.15, -0.1) is 0 Å². The fourth-order valence-corrected chi connectivity index (χ4v) is 1.90. The summed E-state index contributed by atoms with van der Waals surface area (Å²) in [6.07, 6.45) is 6.38. The van der Waals surface area contributed by atoms with E-state index in [9.17, 15) is 4.79 Å². The van der Waals surface area contributed by atoms with Crippen molar-refractivity contribution in [2.75, 3.05) is 5.75 Å². The molecule has 0 unspecified atom stereocenters. The fraction of sp³-hybridized carbons (Fsp3) is 0.300. The molecule has 4 nitrogen and oxygen atoms in total. The van der Waals surface area contributed by atoms with Crippen molar-refractivity contribution in [1.82, 2.24) is 14.4 Å². The normalized spacial score (nSPS) is 10.7. The molecule has 0 aromatic carbocycles. The van der Waals surface area contributed by atoms with Crippen molar-refractivity contribution in [2.45, 2.75) is 13.3 Å². The van der Waals surface area contributed by atoms with Gasteiger partial charge in [0.25, 0.3) is 0 Å². The molecule has 0 spiro atoms. The van der Waals surface area contributed by atoms with Crippen molar-refractivity contribution in [2.24, 2.45) is 0 Å². The minimum absolute atomic E-state index is 0.150. The first kappa shape index (κ1) is 10.2. The second-order valence-corrected chi connectivity index (χ2v) is 4.42. The maximum absolute atomic E-state index is 10.7. The molecule has 2 rings (SSSR count). The fourth-order valence-electron chi connectivity index (χ4n) is 1.30. The van der Waals surface area contributed by atoms with E-state index in [2.05, 4.69) is 9.97 Å². The van der Waals surface area contributed by atoms with Crippen LogP contribution in [0.4, 0.5) is 0 Å². The van der Waals surface area contributed by atoms with Gasteiger partial charge in [-0.3, -0.25) is 9.20 Å². The van der Waals surface area contributed by atoms with E-state index in [1.54, 1.807) is 13.1 Å². The van der Waals surface area contributed by atoms with Gasteiger partial charge in [0.05, 0.1) is 5.69 Å². The number of aromatic nitrogens is 3. The molecule has 0 saturated carbocycles.